The molecule has 0 bridgehead atoms. The van der Waals surface area contributed by atoms with Crippen LogP contribution in [-0.2, 0) is 0 Å². The van der Waals surface area contributed by atoms with Gasteiger partial charge in [0.25, 0.3) is 5.69 Å². The second kappa shape index (κ2) is 6.48. The summed E-state index contributed by atoms with van der Waals surface area (Å²) in [4.78, 5) is 20.3. The molecule has 1 aliphatic rings. The Balaban J connectivity index is 2.26. The van der Waals surface area contributed by atoms with Crippen molar-refractivity contribution in [3.8, 4) is 0 Å². The first-order chi connectivity index (χ1) is 10.4. The fraction of sp³-hybridized carbons (Fsp3) is 0.462. The SMILES string of the molecule is C[C@@H]1CC/C(=N\Nc2ccc([N+](=O)[O-])cc2[N+](=O)[O-])[C@@H]1CO. The molecule has 0 saturated heterocycles. The maximum atomic E-state index is 11.0. The molecule has 0 aromatic heterocycles. The molecule has 2 N–H and O–H groups in total. The van der Waals surface area contributed by atoms with Crippen LogP contribution in [0.2, 0.25) is 0 Å². The van der Waals surface area contributed by atoms with Gasteiger partial charge in [0.05, 0.1) is 22.5 Å². The Kier molecular flexibility index (Phi) is 4.66. The highest BCUT2D eigenvalue weighted by Gasteiger charge is 2.29. The van der Waals surface area contributed by atoms with E-state index in [0.29, 0.717) is 12.3 Å². The highest BCUT2D eigenvalue weighted by atomic mass is 16.6. The number of aliphatic hydroxyl groups is 1. The summed E-state index contributed by atoms with van der Waals surface area (Å²) in [5.41, 5.74) is 2.67. The lowest BCUT2D eigenvalue weighted by atomic mass is 9.98. The van der Waals surface area contributed by atoms with E-state index < -0.39 is 15.5 Å². The van der Waals surface area contributed by atoms with Gasteiger partial charge in [-0.1, -0.05) is 6.92 Å². The Morgan fingerprint density at radius 1 is 1.36 bits per heavy atom. The Labute approximate surface area is 125 Å². The number of hydrogen-bond donors (Lipinski definition) is 2. The van der Waals surface area contributed by atoms with Gasteiger partial charge in [-0.25, -0.2) is 0 Å². The Morgan fingerprint density at radius 3 is 2.68 bits per heavy atom. The minimum absolute atomic E-state index is 0.0238. The summed E-state index contributed by atoms with van der Waals surface area (Å²) in [5, 5.41) is 35.2. The van der Waals surface area contributed by atoms with Gasteiger partial charge in [-0.2, -0.15) is 5.10 Å². The summed E-state index contributed by atoms with van der Waals surface area (Å²) < 4.78 is 0. The van der Waals surface area contributed by atoms with Gasteiger partial charge in [-0.3, -0.25) is 25.7 Å². The van der Waals surface area contributed by atoms with Crippen LogP contribution in [0.3, 0.4) is 0 Å². The Morgan fingerprint density at radius 2 is 2.09 bits per heavy atom. The van der Waals surface area contributed by atoms with Gasteiger partial charge >= 0.3 is 5.69 Å². The molecule has 0 amide bonds. The summed E-state index contributed by atoms with van der Waals surface area (Å²) in [5.74, 6) is 0.238. The first kappa shape index (κ1) is 15.8. The van der Waals surface area contributed by atoms with Crippen LogP contribution in [0.15, 0.2) is 23.3 Å². The number of hydrazone groups is 1. The molecule has 0 unspecified atom stereocenters. The van der Waals surface area contributed by atoms with E-state index in [2.05, 4.69) is 10.5 Å². The predicted molar refractivity (Wildman–Crippen MR) is 79.8 cm³/mol. The fourth-order valence-corrected chi connectivity index (χ4v) is 2.53. The smallest absolute Gasteiger partial charge is 0.301 e. The third kappa shape index (κ3) is 3.19. The van der Waals surface area contributed by atoms with Gasteiger partial charge in [-0.15, -0.1) is 0 Å². The van der Waals surface area contributed by atoms with E-state index >= 15 is 0 Å². The van der Waals surface area contributed by atoms with Crippen LogP contribution in [0.4, 0.5) is 17.1 Å². The lowest BCUT2D eigenvalue weighted by Crippen LogP contribution is -2.18. The monoisotopic (exact) mass is 308 g/mol. The zero-order chi connectivity index (χ0) is 16.3. The van der Waals surface area contributed by atoms with E-state index in [1.165, 1.54) is 12.1 Å². The standard InChI is InChI=1S/C13H16N4O5/c1-8-2-4-11(10(8)7-18)14-15-12-5-3-9(16(19)20)6-13(12)17(21)22/h3,5-6,8,10,15,18H,2,4,7H2,1H3/b14-11+/t8-,10-/m1/s1. The highest BCUT2D eigenvalue weighted by Crippen LogP contribution is 2.31. The van der Waals surface area contributed by atoms with Gasteiger partial charge < -0.3 is 5.11 Å². The normalized spacial score (nSPS) is 22.7. The zero-order valence-corrected chi connectivity index (χ0v) is 11.9. The lowest BCUT2D eigenvalue weighted by Gasteiger charge is -2.12. The molecule has 2 rings (SSSR count). The number of hydrogen-bond acceptors (Lipinski definition) is 7. The predicted octanol–water partition coefficient (Wildman–Crippen LogP) is 2.31. The van der Waals surface area contributed by atoms with Crippen molar-refractivity contribution in [1.82, 2.24) is 0 Å². The van der Waals surface area contributed by atoms with E-state index in [9.17, 15) is 25.3 Å². The fourth-order valence-electron chi connectivity index (χ4n) is 2.53. The minimum atomic E-state index is -0.698. The molecule has 22 heavy (non-hydrogen) atoms. The number of non-ortho nitro benzene ring substituents is 1. The number of nitrogens with zero attached hydrogens (tertiary/aromatic N) is 3. The van der Waals surface area contributed by atoms with Gasteiger partial charge in [0.2, 0.25) is 0 Å². The van der Waals surface area contributed by atoms with Crippen molar-refractivity contribution >= 4 is 22.8 Å². The lowest BCUT2D eigenvalue weighted by molar-refractivity contribution is -0.393. The number of nitrogens with one attached hydrogen (secondary N) is 1. The van der Waals surface area contributed by atoms with Gasteiger partial charge in [0.1, 0.15) is 5.69 Å². The average molecular weight is 308 g/mol. The van der Waals surface area contributed by atoms with E-state index in [0.717, 1.165) is 18.2 Å². The molecule has 9 nitrogen and oxygen atoms in total. The number of benzene rings is 1. The molecule has 9 heteroatoms. The van der Waals surface area contributed by atoms with Crippen molar-refractivity contribution in [2.75, 3.05) is 12.0 Å². The maximum Gasteiger partial charge on any atom is 0.301 e. The molecule has 1 saturated carbocycles. The molecule has 0 heterocycles. The highest BCUT2D eigenvalue weighted by molar-refractivity contribution is 5.89. The van der Waals surface area contributed by atoms with E-state index in [-0.39, 0.29) is 23.9 Å². The van der Waals surface area contributed by atoms with Crippen molar-refractivity contribution in [3.63, 3.8) is 0 Å². The quantitative estimate of drug-likeness (QED) is 0.633. The first-order valence-corrected chi connectivity index (χ1v) is 6.80. The van der Waals surface area contributed by atoms with Crippen LogP contribution in [-0.4, -0.2) is 27.3 Å². The molecular weight excluding hydrogens is 292 g/mol. The number of rotatable bonds is 5. The number of nitro benzene ring substituents is 2. The second-order valence-corrected chi connectivity index (χ2v) is 5.24. The Hall–Kier alpha value is -2.55. The van der Waals surface area contributed by atoms with E-state index in [1.807, 2.05) is 6.92 Å². The molecule has 1 aromatic rings. The first-order valence-electron chi connectivity index (χ1n) is 6.80. The van der Waals surface area contributed by atoms with Gasteiger partial charge in [-0.05, 0) is 24.8 Å². The van der Waals surface area contributed by atoms with E-state index in [4.69, 9.17) is 0 Å². The minimum Gasteiger partial charge on any atom is -0.396 e. The summed E-state index contributed by atoms with van der Waals surface area (Å²) in [6.07, 6.45) is 1.61. The summed E-state index contributed by atoms with van der Waals surface area (Å²) in [6, 6.07) is 3.33. The van der Waals surface area contributed by atoms with Crippen molar-refractivity contribution in [2.45, 2.75) is 19.8 Å². The van der Waals surface area contributed by atoms with Crippen molar-refractivity contribution in [1.29, 1.82) is 0 Å². The third-order valence-corrected chi connectivity index (χ3v) is 3.88. The maximum absolute atomic E-state index is 11.0. The topological polar surface area (TPSA) is 131 Å². The van der Waals surface area contributed by atoms with Gasteiger partial charge in [0.15, 0.2) is 0 Å². The average Bonchev–Trinajstić information content (AvgIpc) is 2.84. The number of aliphatic hydroxyl groups excluding tert-OH is 1. The third-order valence-electron chi connectivity index (χ3n) is 3.88. The molecule has 0 spiro atoms. The van der Waals surface area contributed by atoms with E-state index in [1.54, 1.807) is 0 Å². The molecule has 2 atom stereocenters. The van der Waals surface area contributed by atoms with Crippen LogP contribution in [0.25, 0.3) is 0 Å². The van der Waals surface area contributed by atoms with Crippen LogP contribution < -0.4 is 5.43 Å². The number of anilines is 1. The van der Waals surface area contributed by atoms with Crippen molar-refractivity contribution in [3.05, 3.63) is 38.4 Å². The number of nitro groups is 2. The van der Waals surface area contributed by atoms with Crippen LogP contribution >= 0.6 is 0 Å². The molecule has 118 valence electrons. The molecular formula is C13H16N4O5. The van der Waals surface area contributed by atoms with Crippen LogP contribution in [0, 0.1) is 32.1 Å². The summed E-state index contributed by atoms with van der Waals surface area (Å²) in [7, 11) is 0. The second-order valence-electron chi connectivity index (χ2n) is 5.24. The zero-order valence-electron chi connectivity index (χ0n) is 11.9. The molecule has 1 aliphatic carbocycles. The molecule has 1 fully saturated rings. The molecule has 0 radical (unpaired) electrons. The van der Waals surface area contributed by atoms with Crippen molar-refractivity contribution < 1.29 is 15.0 Å². The van der Waals surface area contributed by atoms with Crippen LogP contribution in [0.1, 0.15) is 19.8 Å². The molecule has 1 aromatic carbocycles. The Bertz CT molecular complexity index is 631. The van der Waals surface area contributed by atoms with Gasteiger partial charge in [0, 0.05) is 17.7 Å². The molecule has 0 aliphatic heterocycles. The largest absolute Gasteiger partial charge is 0.396 e. The summed E-state index contributed by atoms with van der Waals surface area (Å²) in [6.45, 7) is 1.99. The van der Waals surface area contributed by atoms with Crippen molar-refractivity contribution in [2.24, 2.45) is 16.9 Å². The summed E-state index contributed by atoms with van der Waals surface area (Å²) >= 11 is 0. The van der Waals surface area contributed by atoms with Crippen LogP contribution in [0.5, 0.6) is 0 Å².